The first-order chi connectivity index (χ1) is 41.1. The van der Waals surface area contributed by atoms with Crippen molar-refractivity contribution in [2.24, 2.45) is 5.92 Å². The molecule has 2 atom stereocenters. The quantitative estimate of drug-likeness (QED) is 0.128. The van der Waals surface area contributed by atoms with E-state index < -0.39 is 0 Å². The van der Waals surface area contributed by atoms with Crippen LogP contribution >= 0.6 is 0 Å². The lowest BCUT2D eigenvalue weighted by Gasteiger charge is -2.44. The van der Waals surface area contributed by atoms with Gasteiger partial charge in [0.1, 0.15) is 6.07 Å². The summed E-state index contributed by atoms with van der Waals surface area (Å²) >= 11 is 0. The van der Waals surface area contributed by atoms with Gasteiger partial charge < -0.3 is 9.80 Å². The fourth-order valence-electron chi connectivity index (χ4n) is 13.6. The van der Waals surface area contributed by atoms with Gasteiger partial charge in [-0.25, -0.2) is 4.85 Å². The molecule has 12 rings (SSSR count). The number of hydrogen-bond donors (Lipinski definition) is 0. The number of rotatable bonds is 10. The Bertz CT molecular complexity index is 4370. The lowest BCUT2D eigenvalue weighted by atomic mass is 9.67. The molecule has 0 N–H and O–H groups in total. The minimum absolute atomic E-state index is 0.0919. The van der Waals surface area contributed by atoms with E-state index in [1.807, 2.05) is 24.3 Å². The summed E-state index contributed by atoms with van der Waals surface area (Å²) in [5, 5.41) is 11.1. The van der Waals surface area contributed by atoms with Gasteiger partial charge >= 0.3 is 0 Å². The highest BCUT2D eigenvalue weighted by molar-refractivity contribution is 5.95. The molecule has 0 aromatic heterocycles. The van der Waals surface area contributed by atoms with Crippen molar-refractivity contribution in [2.45, 2.75) is 111 Å². The zero-order valence-electron chi connectivity index (χ0n) is 51.9. The monoisotopic (exact) mass is 1120 g/mol. The number of para-hydroxylation sites is 3. The summed E-state index contributed by atoms with van der Waals surface area (Å²) in [6.45, 7) is 36.2. The second-order valence-corrected chi connectivity index (χ2v) is 27.5. The fourth-order valence-corrected chi connectivity index (χ4v) is 13.6. The highest BCUT2D eigenvalue weighted by atomic mass is 15.2. The fraction of sp³-hybridized carbons (Fsp3) is 0.220. The molecule has 4 nitrogen and oxygen atoms in total. The molecule has 0 bridgehead atoms. The van der Waals surface area contributed by atoms with Crippen molar-refractivity contribution in [3.63, 3.8) is 0 Å². The predicted octanol–water partition coefficient (Wildman–Crippen LogP) is 22.1. The first kappa shape index (κ1) is 57.0. The predicted molar refractivity (Wildman–Crippen MR) is 362 cm³/mol. The molecule has 86 heavy (non-hydrogen) atoms. The average Bonchev–Trinajstić information content (AvgIpc) is 0.799. The summed E-state index contributed by atoms with van der Waals surface area (Å²) in [6.07, 6.45) is 18.5. The summed E-state index contributed by atoms with van der Waals surface area (Å²) in [5.41, 5.74) is 25.5. The molecule has 4 heteroatoms. The number of allylic oxidation sites excluding steroid dienone is 10. The highest BCUT2D eigenvalue weighted by Crippen LogP contribution is 2.55. The number of benzene rings is 8. The standard InChI is InChI=1S/C82H76N4/c1-79(2,3)66-31-19-15-27-58(66)55-42-48-74(64(50-55)60-29-17-21-33-68(60)81(7,8)9)85(71-36-24-14-26-57(71)52-83)72-46-40-53-39-45-63-73(47-41-54-38-44-62(72)77(53)78(54)63)86(76-37-25-23-35-70(76)84-13)75-49-43-56(59-28-16-20-32-67(59)80(4,5)6)51-65(75)61-30-18-22-34-69(61)82(10,11)12/h14-51,72,78H,1-12H3. The summed E-state index contributed by atoms with van der Waals surface area (Å²) in [6, 6.07) is 67.9. The molecule has 4 aliphatic carbocycles. The van der Waals surface area contributed by atoms with Gasteiger partial charge in [-0.05, 0) is 154 Å². The molecule has 8 aromatic carbocycles. The van der Waals surface area contributed by atoms with Gasteiger partial charge in [-0.2, -0.15) is 5.26 Å². The second-order valence-electron chi connectivity index (χ2n) is 27.5. The lowest BCUT2D eigenvalue weighted by Crippen LogP contribution is -2.38. The summed E-state index contributed by atoms with van der Waals surface area (Å²) in [7, 11) is 0. The van der Waals surface area contributed by atoms with Crippen LogP contribution in [-0.2, 0) is 21.7 Å². The van der Waals surface area contributed by atoms with Crippen LogP contribution in [-0.4, -0.2) is 6.04 Å². The van der Waals surface area contributed by atoms with Crippen LogP contribution in [0.5, 0.6) is 0 Å². The molecule has 0 spiro atoms. The maximum Gasteiger partial charge on any atom is 0.210 e. The van der Waals surface area contributed by atoms with Crippen molar-refractivity contribution in [1.82, 2.24) is 0 Å². The summed E-state index contributed by atoms with van der Waals surface area (Å²) in [5.74, 6) is -0.140. The van der Waals surface area contributed by atoms with Gasteiger partial charge in [0.05, 0.1) is 35.2 Å². The van der Waals surface area contributed by atoms with Crippen LogP contribution in [0.4, 0.5) is 28.4 Å². The number of hydrogen-bond acceptors (Lipinski definition) is 3. The zero-order valence-corrected chi connectivity index (χ0v) is 51.9. The molecular formula is C82H76N4. The SMILES string of the molecule is [C-]#[N+]c1ccccc1N(C1=C2C=CC3=C4C(=CC=C(C=C1)C24)C(N(c1ccccc1C#N)c1ccc(-c2ccccc2C(C)(C)C)cc1-c1ccccc1C(C)(C)C)C=C3)c1ccc(-c2ccccc2C(C)(C)C)cc1-c1ccccc1C(C)(C)C. The Balaban J connectivity index is 1.07. The van der Waals surface area contributed by atoms with E-state index in [-0.39, 0.29) is 33.6 Å². The van der Waals surface area contributed by atoms with Crippen molar-refractivity contribution >= 4 is 28.4 Å². The third kappa shape index (κ3) is 10.2. The molecule has 0 radical (unpaired) electrons. The van der Waals surface area contributed by atoms with Crippen LogP contribution in [0.25, 0.3) is 49.4 Å². The van der Waals surface area contributed by atoms with Crippen LogP contribution in [0.15, 0.2) is 264 Å². The van der Waals surface area contributed by atoms with Crippen molar-refractivity contribution in [3.05, 3.63) is 303 Å². The molecule has 8 aromatic rings. The van der Waals surface area contributed by atoms with E-state index >= 15 is 0 Å². The van der Waals surface area contributed by atoms with E-state index in [9.17, 15) is 5.26 Å². The number of anilines is 4. The Morgan fingerprint density at radius 2 is 0.919 bits per heavy atom. The number of nitrogens with zero attached hydrogens (tertiary/aromatic N) is 4. The Morgan fingerprint density at radius 3 is 1.47 bits per heavy atom. The largest absolute Gasteiger partial charge is 0.329 e. The van der Waals surface area contributed by atoms with Crippen molar-refractivity contribution < 1.29 is 0 Å². The molecule has 0 saturated carbocycles. The molecular weight excluding hydrogens is 1040 g/mol. The Hall–Kier alpha value is -9.48. The van der Waals surface area contributed by atoms with E-state index in [0.717, 1.165) is 73.0 Å². The average molecular weight is 1120 g/mol. The smallest absolute Gasteiger partial charge is 0.210 e. The minimum Gasteiger partial charge on any atom is -0.329 e. The lowest BCUT2D eigenvalue weighted by molar-refractivity contribution is 0.591. The topological polar surface area (TPSA) is 34.6 Å². The second kappa shape index (κ2) is 21.9. The van der Waals surface area contributed by atoms with Gasteiger partial charge in [0.15, 0.2) is 0 Å². The van der Waals surface area contributed by atoms with Gasteiger partial charge in [0.2, 0.25) is 5.69 Å². The van der Waals surface area contributed by atoms with Crippen molar-refractivity contribution in [1.29, 1.82) is 5.26 Å². The first-order valence-electron chi connectivity index (χ1n) is 30.3. The third-order valence-corrected chi connectivity index (χ3v) is 17.6. The first-order valence-corrected chi connectivity index (χ1v) is 30.3. The molecule has 0 amide bonds. The molecule has 2 unspecified atom stereocenters. The van der Waals surface area contributed by atoms with Gasteiger partial charge in [0.25, 0.3) is 0 Å². The molecule has 4 aliphatic rings. The molecule has 0 fully saturated rings. The summed E-state index contributed by atoms with van der Waals surface area (Å²) in [4.78, 5) is 9.06. The molecule has 0 aliphatic heterocycles. The Kier molecular flexibility index (Phi) is 14.5. The third-order valence-electron chi connectivity index (χ3n) is 17.6. The molecule has 424 valence electrons. The van der Waals surface area contributed by atoms with Crippen LogP contribution in [0.3, 0.4) is 0 Å². The van der Waals surface area contributed by atoms with Crippen LogP contribution in [0.1, 0.15) is 111 Å². The Morgan fingerprint density at radius 1 is 0.442 bits per heavy atom. The number of nitriles is 1. The van der Waals surface area contributed by atoms with Crippen LogP contribution in [0.2, 0.25) is 0 Å². The van der Waals surface area contributed by atoms with Crippen molar-refractivity contribution in [2.75, 3.05) is 9.80 Å². The molecule has 0 heterocycles. The van der Waals surface area contributed by atoms with Crippen LogP contribution < -0.4 is 9.80 Å². The van der Waals surface area contributed by atoms with E-state index in [0.29, 0.717) is 11.3 Å². The maximum atomic E-state index is 11.1. The van der Waals surface area contributed by atoms with E-state index in [1.165, 1.54) is 50.1 Å². The highest BCUT2D eigenvalue weighted by Gasteiger charge is 2.42. The molecule has 0 saturated heterocycles. The van der Waals surface area contributed by atoms with Gasteiger partial charge in [-0.1, -0.05) is 265 Å². The zero-order chi connectivity index (χ0) is 60.5. The van der Waals surface area contributed by atoms with Crippen LogP contribution in [0, 0.1) is 23.8 Å². The normalized spacial score (nSPS) is 16.3. The van der Waals surface area contributed by atoms with E-state index in [2.05, 4.69) is 310 Å². The van der Waals surface area contributed by atoms with Gasteiger partial charge in [-0.3, -0.25) is 0 Å². The summed E-state index contributed by atoms with van der Waals surface area (Å²) < 4.78 is 0. The van der Waals surface area contributed by atoms with Crippen molar-refractivity contribution in [3.8, 4) is 50.6 Å². The Labute approximate surface area is 511 Å². The van der Waals surface area contributed by atoms with E-state index in [4.69, 9.17) is 6.57 Å². The van der Waals surface area contributed by atoms with Gasteiger partial charge in [0, 0.05) is 28.4 Å². The maximum absolute atomic E-state index is 11.1. The van der Waals surface area contributed by atoms with E-state index in [1.54, 1.807) is 0 Å². The van der Waals surface area contributed by atoms with Gasteiger partial charge in [-0.15, -0.1) is 0 Å². The minimum atomic E-state index is -0.320.